The van der Waals surface area contributed by atoms with Crippen LogP contribution in [0.2, 0.25) is 5.02 Å². The van der Waals surface area contributed by atoms with E-state index in [2.05, 4.69) is 6.07 Å². The molecular weight excluding hydrogens is 205 g/mol. The third-order valence-corrected chi connectivity index (χ3v) is 1.94. The van der Waals surface area contributed by atoms with E-state index in [1.165, 1.54) is 0 Å². The minimum absolute atomic E-state index is 0.438. The Balaban J connectivity index is 3.08. The van der Waals surface area contributed by atoms with Crippen LogP contribution in [-0.2, 0) is 0 Å². The summed E-state index contributed by atoms with van der Waals surface area (Å²) in [6, 6.07) is 7.24. The minimum Gasteiger partial charge on any atom is -0.192 e. The summed E-state index contributed by atoms with van der Waals surface area (Å²) in [7, 11) is 0. The highest BCUT2D eigenvalue weighted by molar-refractivity contribution is 6.30. The Kier molecular flexibility index (Phi) is 3.82. The summed E-state index contributed by atoms with van der Waals surface area (Å²) in [4.78, 5) is 0. The summed E-state index contributed by atoms with van der Waals surface area (Å²) in [6.07, 6.45) is 3.59. The van der Waals surface area contributed by atoms with Crippen molar-refractivity contribution in [2.45, 2.75) is 0 Å². The summed E-state index contributed by atoms with van der Waals surface area (Å²) in [5, 5.41) is 9.34. The summed E-state index contributed by atoms with van der Waals surface area (Å²) < 4.78 is 0. The Labute approximate surface area is 87.2 Å². The fourth-order valence-corrected chi connectivity index (χ4v) is 1.20. The van der Waals surface area contributed by atoms with Crippen molar-refractivity contribution in [3.63, 3.8) is 0 Å². The van der Waals surface area contributed by atoms with Gasteiger partial charge >= 0.3 is 0 Å². The zero-order valence-electron chi connectivity index (χ0n) is 6.80. The van der Waals surface area contributed by atoms with Gasteiger partial charge in [-0.25, -0.2) is 0 Å². The summed E-state index contributed by atoms with van der Waals surface area (Å²) in [5.74, 6) is 0.438. The quantitative estimate of drug-likeness (QED) is 0.688. The molecule has 0 atom stereocenters. The number of halogens is 2. The number of benzene rings is 1. The predicted molar refractivity (Wildman–Crippen MR) is 55.9 cm³/mol. The Morgan fingerprint density at radius 2 is 2.23 bits per heavy atom. The Bertz CT molecular complexity index is 364. The van der Waals surface area contributed by atoms with Crippen LogP contribution in [0.5, 0.6) is 0 Å². The van der Waals surface area contributed by atoms with E-state index >= 15 is 0 Å². The molecule has 0 saturated carbocycles. The minimum atomic E-state index is 0.438. The van der Waals surface area contributed by atoms with Crippen LogP contribution in [0.15, 0.2) is 24.3 Å². The van der Waals surface area contributed by atoms with Crippen molar-refractivity contribution in [2.75, 3.05) is 5.88 Å². The molecule has 13 heavy (non-hydrogen) atoms. The highest BCUT2D eigenvalue weighted by Gasteiger charge is 1.98. The van der Waals surface area contributed by atoms with Gasteiger partial charge in [-0.2, -0.15) is 5.26 Å². The lowest BCUT2D eigenvalue weighted by Crippen LogP contribution is -1.81. The monoisotopic (exact) mass is 211 g/mol. The van der Waals surface area contributed by atoms with Crippen LogP contribution < -0.4 is 0 Å². The van der Waals surface area contributed by atoms with E-state index in [4.69, 9.17) is 28.5 Å². The van der Waals surface area contributed by atoms with Gasteiger partial charge in [0.25, 0.3) is 0 Å². The molecule has 1 aromatic rings. The molecule has 0 spiro atoms. The van der Waals surface area contributed by atoms with Crippen LogP contribution in [-0.4, -0.2) is 5.88 Å². The molecule has 0 aliphatic rings. The molecule has 1 aromatic carbocycles. The van der Waals surface area contributed by atoms with Crippen LogP contribution in [0.3, 0.4) is 0 Å². The Morgan fingerprint density at radius 1 is 1.46 bits per heavy atom. The summed E-state index contributed by atoms with van der Waals surface area (Å²) in [5.41, 5.74) is 1.40. The van der Waals surface area contributed by atoms with Crippen LogP contribution in [0, 0.1) is 11.3 Å². The number of rotatable bonds is 2. The van der Waals surface area contributed by atoms with Gasteiger partial charge in [-0.05, 0) is 17.7 Å². The van der Waals surface area contributed by atoms with Gasteiger partial charge < -0.3 is 0 Å². The number of hydrogen-bond donors (Lipinski definition) is 0. The molecular formula is C10H7Cl2N. The van der Waals surface area contributed by atoms with Gasteiger partial charge in [0.05, 0.1) is 11.6 Å². The first-order chi connectivity index (χ1) is 6.27. The maximum atomic E-state index is 8.77. The standard InChI is InChI=1S/C10H7Cl2N/c11-5-1-2-8-3-4-10(12)6-9(8)7-13/h1-4,6H,5H2. The van der Waals surface area contributed by atoms with E-state index < -0.39 is 0 Å². The van der Waals surface area contributed by atoms with Gasteiger partial charge in [-0.3, -0.25) is 0 Å². The fraction of sp³-hybridized carbons (Fsp3) is 0.100. The molecule has 0 fully saturated rings. The zero-order chi connectivity index (χ0) is 9.68. The van der Waals surface area contributed by atoms with Crippen molar-refractivity contribution in [2.24, 2.45) is 0 Å². The molecule has 0 N–H and O–H groups in total. The highest BCUT2D eigenvalue weighted by atomic mass is 35.5. The van der Waals surface area contributed by atoms with Crippen LogP contribution in [0.4, 0.5) is 0 Å². The molecule has 3 heteroatoms. The van der Waals surface area contributed by atoms with Gasteiger partial charge in [0.1, 0.15) is 0 Å². The molecule has 1 nitrogen and oxygen atoms in total. The summed E-state index contributed by atoms with van der Waals surface area (Å²) >= 11 is 11.2. The Hall–Kier alpha value is -0.970. The number of nitrogens with zero attached hydrogens (tertiary/aromatic N) is 1. The molecule has 0 aromatic heterocycles. The van der Waals surface area contributed by atoms with Crippen LogP contribution in [0.1, 0.15) is 11.1 Å². The van der Waals surface area contributed by atoms with Crippen molar-refractivity contribution in [3.05, 3.63) is 40.4 Å². The first-order valence-corrected chi connectivity index (χ1v) is 4.61. The third-order valence-electron chi connectivity index (χ3n) is 1.52. The normalized spacial score (nSPS) is 10.2. The molecule has 0 bridgehead atoms. The van der Waals surface area contributed by atoms with E-state index in [9.17, 15) is 0 Å². The molecule has 0 aliphatic carbocycles. The van der Waals surface area contributed by atoms with Gasteiger partial charge in [-0.15, -0.1) is 11.6 Å². The number of nitriles is 1. The van der Waals surface area contributed by atoms with Crippen molar-refractivity contribution in [3.8, 4) is 6.07 Å². The number of allylic oxidation sites excluding steroid dienone is 1. The summed E-state index contributed by atoms with van der Waals surface area (Å²) in [6.45, 7) is 0. The fourth-order valence-electron chi connectivity index (χ4n) is 0.942. The molecule has 0 radical (unpaired) electrons. The lowest BCUT2D eigenvalue weighted by atomic mass is 10.1. The van der Waals surface area contributed by atoms with Gasteiger partial charge in [0.2, 0.25) is 0 Å². The average Bonchev–Trinajstić information content (AvgIpc) is 2.16. The number of hydrogen-bond acceptors (Lipinski definition) is 1. The van der Waals surface area contributed by atoms with E-state index in [0.29, 0.717) is 16.5 Å². The smallest absolute Gasteiger partial charge is 0.0998 e. The molecule has 0 heterocycles. The van der Waals surface area contributed by atoms with E-state index in [0.717, 1.165) is 5.56 Å². The zero-order valence-corrected chi connectivity index (χ0v) is 8.31. The average molecular weight is 212 g/mol. The molecule has 0 unspecified atom stereocenters. The van der Waals surface area contributed by atoms with E-state index in [1.807, 2.05) is 6.08 Å². The van der Waals surface area contributed by atoms with Crippen molar-refractivity contribution in [1.29, 1.82) is 5.26 Å². The molecule has 66 valence electrons. The van der Waals surface area contributed by atoms with E-state index in [-0.39, 0.29) is 0 Å². The first-order valence-electron chi connectivity index (χ1n) is 3.70. The van der Waals surface area contributed by atoms with Crippen molar-refractivity contribution < 1.29 is 0 Å². The lowest BCUT2D eigenvalue weighted by molar-refractivity contribution is 1.47. The van der Waals surface area contributed by atoms with Crippen molar-refractivity contribution in [1.82, 2.24) is 0 Å². The second kappa shape index (κ2) is 4.91. The second-order valence-corrected chi connectivity index (χ2v) is 3.15. The van der Waals surface area contributed by atoms with E-state index in [1.54, 1.807) is 24.3 Å². The molecule has 1 rings (SSSR count). The van der Waals surface area contributed by atoms with Crippen LogP contribution in [0.25, 0.3) is 6.08 Å². The first kappa shape index (κ1) is 10.1. The third kappa shape index (κ3) is 2.77. The van der Waals surface area contributed by atoms with Gasteiger partial charge in [0, 0.05) is 10.9 Å². The Morgan fingerprint density at radius 3 is 2.85 bits per heavy atom. The SMILES string of the molecule is N#Cc1cc(Cl)ccc1C=CCCl. The lowest BCUT2D eigenvalue weighted by Gasteiger charge is -1.97. The van der Waals surface area contributed by atoms with Gasteiger partial charge in [-0.1, -0.05) is 29.8 Å². The maximum Gasteiger partial charge on any atom is 0.0998 e. The highest BCUT2D eigenvalue weighted by Crippen LogP contribution is 2.16. The van der Waals surface area contributed by atoms with Gasteiger partial charge in [0.15, 0.2) is 0 Å². The maximum absolute atomic E-state index is 8.77. The predicted octanol–water partition coefficient (Wildman–Crippen LogP) is 3.46. The second-order valence-electron chi connectivity index (χ2n) is 2.40. The molecule has 0 aliphatic heterocycles. The number of alkyl halides is 1. The molecule has 0 amide bonds. The topological polar surface area (TPSA) is 23.8 Å². The van der Waals surface area contributed by atoms with Crippen molar-refractivity contribution >= 4 is 29.3 Å². The molecule has 0 saturated heterocycles. The van der Waals surface area contributed by atoms with Crippen LogP contribution >= 0.6 is 23.2 Å². The largest absolute Gasteiger partial charge is 0.192 e.